The molecule has 1 nitrogen and oxygen atoms in total. The van der Waals surface area contributed by atoms with Crippen molar-refractivity contribution in [1.29, 1.82) is 0 Å². The second-order valence-electron chi connectivity index (χ2n) is 3.90. The molecule has 0 unspecified atom stereocenters. The Balaban J connectivity index is 2.73. The molecule has 0 saturated carbocycles. The zero-order chi connectivity index (χ0) is 12.1. The molecule has 16 heavy (non-hydrogen) atoms. The average molecular weight is 226 g/mol. The third-order valence-corrected chi connectivity index (χ3v) is 2.80. The predicted molar refractivity (Wildman–Crippen MR) is 59.1 cm³/mol. The summed E-state index contributed by atoms with van der Waals surface area (Å²) < 4.78 is 25.6. The van der Waals surface area contributed by atoms with Gasteiger partial charge in [0.15, 0.2) is 11.6 Å². The molecule has 0 bridgehead atoms. The zero-order valence-electron chi connectivity index (χ0n) is 9.59. The van der Waals surface area contributed by atoms with Crippen LogP contribution in [0.5, 0.6) is 0 Å². The summed E-state index contributed by atoms with van der Waals surface area (Å²) in [6.45, 7) is 3.91. The molecule has 0 aromatic heterocycles. The quantitative estimate of drug-likeness (QED) is 0.750. The summed E-state index contributed by atoms with van der Waals surface area (Å²) >= 11 is 0. The van der Waals surface area contributed by atoms with E-state index < -0.39 is 11.6 Å². The highest BCUT2D eigenvalue weighted by atomic mass is 19.2. The van der Waals surface area contributed by atoms with Gasteiger partial charge < -0.3 is 0 Å². The van der Waals surface area contributed by atoms with E-state index in [1.54, 1.807) is 0 Å². The Hall–Kier alpha value is -1.25. The van der Waals surface area contributed by atoms with Gasteiger partial charge in [-0.05, 0) is 30.5 Å². The van der Waals surface area contributed by atoms with Gasteiger partial charge in [0.1, 0.15) is 5.78 Å². The first-order chi connectivity index (χ1) is 7.58. The van der Waals surface area contributed by atoms with Crippen LogP contribution in [-0.2, 0) is 11.2 Å². The van der Waals surface area contributed by atoms with Gasteiger partial charge in [0, 0.05) is 12.3 Å². The molecule has 0 saturated heterocycles. The van der Waals surface area contributed by atoms with E-state index in [4.69, 9.17) is 0 Å². The van der Waals surface area contributed by atoms with Gasteiger partial charge in [-0.2, -0.15) is 0 Å². The van der Waals surface area contributed by atoms with Crippen LogP contribution in [0.4, 0.5) is 8.78 Å². The van der Waals surface area contributed by atoms with Crippen molar-refractivity contribution in [1.82, 2.24) is 0 Å². The van der Waals surface area contributed by atoms with Gasteiger partial charge in [0.25, 0.3) is 0 Å². The largest absolute Gasteiger partial charge is 0.299 e. The van der Waals surface area contributed by atoms with Crippen LogP contribution in [-0.4, -0.2) is 5.78 Å². The van der Waals surface area contributed by atoms with Crippen LogP contribution in [0.1, 0.15) is 32.3 Å². The maximum Gasteiger partial charge on any atom is 0.159 e. The van der Waals surface area contributed by atoms with Crippen LogP contribution in [0.2, 0.25) is 0 Å². The van der Waals surface area contributed by atoms with Gasteiger partial charge in [-0.15, -0.1) is 0 Å². The van der Waals surface area contributed by atoms with Gasteiger partial charge in [0.05, 0.1) is 0 Å². The zero-order valence-corrected chi connectivity index (χ0v) is 9.59. The van der Waals surface area contributed by atoms with E-state index >= 15 is 0 Å². The summed E-state index contributed by atoms with van der Waals surface area (Å²) in [7, 11) is 0. The molecule has 0 spiro atoms. The fraction of sp³-hybridized carbons (Fsp3) is 0.462. The van der Waals surface area contributed by atoms with Crippen molar-refractivity contribution in [3.05, 3.63) is 35.4 Å². The van der Waals surface area contributed by atoms with Crippen molar-refractivity contribution in [3.63, 3.8) is 0 Å². The summed E-state index contributed by atoms with van der Waals surface area (Å²) in [5, 5.41) is 0. The Labute approximate surface area is 94.5 Å². The summed E-state index contributed by atoms with van der Waals surface area (Å²) in [5.41, 5.74) is 0.538. The summed E-state index contributed by atoms with van der Waals surface area (Å²) in [4.78, 5) is 11.8. The number of Topliss-reactive ketones (excluding diaryl/α,β-unsaturated/α-hetero) is 1. The van der Waals surface area contributed by atoms with E-state index in [0.717, 1.165) is 25.0 Å². The molecular weight excluding hydrogens is 210 g/mol. The Bertz CT molecular complexity index is 370. The number of benzene rings is 1. The lowest BCUT2D eigenvalue weighted by Crippen LogP contribution is -2.15. The van der Waals surface area contributed by atoms with Crippen molar-refractivity contribution in [2.24, 2.45) is 5.92 Å². The molecule has 0 atom stereocenters. The molecule has 0 N–H and O–H groups in total. The van der Waals surface area contributed by atoms with Crippen LogP contribution in [0.3, 0.4) is 0 Å². The SMILES string of the molecule is CCC(CC)C(=O)Cc1ccc(F)c(F)c1. The fourth-order valence-corrected chi connectivity index (χ4v) is 1.74. The minimum Gasteiger partial charge on any atom is -0.299 e. The van der Waals surface area contributed by atoms with Crippen molar-refractivity contribution in [2.45, 2.75) is 33.1 Å². The summed E-state index contributed by atoms with van der Waals surface area (Å²) in [5.74, 6) is -1.65. The lowest BCUT2D eigenvalue weighted by Gasteiger charge is -2.10. The second-order valence-corrected chi connectivity index (χ2v) is 3.90. The Morgan fingerprint density at radius 3 is 2.31 bits per heavy atom. The molecule has 1 aromatic carbocycles. The fourth-order valence-electron chi connectivity index (χ4n) is 1.74. The minimum absolute atomic E-state index is 0.0214. The van der Waals surface area contributed by atoms with Crippen LogP contribution >= 0.6 is 0 Å². The molecule has 0 radical (unpaired) electrons. The van der Waals surface area contributed by atoms with Gasteiger partial charge in [-0.25, -0.2) is 8.78 Å². The van der Waals surface area contributed by atoms with E-state index in [1.165, 1.54) is 6.07 Å². The average Bonchev–Trinajstić information content (AvgIpc) is 2.25. The predicted octanol–water partition coefficient (Wildman–Crippen LogP) is 3.51. The number of halogens is 2. The van der Waals surface area contributed by atoms with E-state index in [9.17, 15) is 13.6 Å². The Kier molecular flexibility index (Phi) is 4.59. The molecule has 88 valence electrons. The van der Waals surface area contributed by atoms with E-state index in [2.05, 4.69) is 0 Å². The molecule has 3 heteroatoms. The Morgan fingerprint density at radius 1 is 1.19 bits per heavy atom. The number of carbonyl (C=O) groups is 1. The lowest BCUT2D eigenvalue weighted by atomic mass is 9.93. The monoisotopic (exact) mass is 226 g/mol. The van der Waals surface area contributed by atoms with Crippen LogP contribution < -0.4 is 0 Å². The molecule has 0 fully saturated rings. The molecule has 0 aliphatic heterocycles. The first-order valence-electron chi connectivity index (χ1n) is 5.55. The second kappa shape index (κ2) is 5.73. The van der Waals surface area contributed by atoms with Crippen LogP contribution in [0.25, 0.3) is 0 Å². The molecule has 1 aromatic rings. The molecule has 0 aliphatic carbocycles. The standard InChI is InChI=1S/C13H16F2O/c1-3-10(4-2)13(16)8-9-5-6-11(14)12(15)7-9/h5-7,10H,3-4,8H2,1-2H3. The summed E-state index contributed by atoms with van der Waals surface area (Å²) in [6, 6.07) is 3.61. The number of rotatable bonds is 5. The third kappa shape index (κ3) is 3.12. The van der Waals surface area contributed by atoms with Crippen LogP contribution in [0.15, 0.2) is 18.2 Å². The van der Waals surface area contributed by atoms with Crippen molar-refractivity contribution < 1.29 is 13.6 Å². The van der Waals surface area contributed by atoms with Crippen molar-refractivity contribution >= 4 is 5.78 Å². The smallest absolute Gasteiger partial charge is 0.159 e. The number of hydrogen-bond acceptors (Lipinski definition) is 1. The van der Waals surface area contributed by atoms with Gasteiger partial charge in [-0.1, -0.05) is 19.9 Å². The maximum absolute atomic E-state index is 12.9. The van der Waals surface area contributed by atoms with Crippen molar-refractivity contribution in [3.8, 4) is 0 Å². The van der Waals surface area contributed by atoms with Gasteiger partial charge in [0.2, 0.25) is 0 Å². The first kappa shape index (κ1) is 12.8. The number of carbonyl (C=O) groups excluding carboxylic acids is 1. The summed E-state index contributed by atoms with van der Waals surface area (Å²) in [6.07, 6.45) is 1.77. The normalized spacial score (nSPS) is 10.8. The highest BCUT2D eigenvalue weighted by Gasteiger charge is 2.15. The topological polar surface area (TPSA) is 17.1 Å². The van der Waals surface area contributed by atoms with Gasteiger partial charge >= 0.3 is 0 Å². The molecule has 0 amide bonds. The van der Waals surface area contributed by atoms with Gasteiger partial charge in [-0.3, -0.25) is 4.79 Å². The van der Waals surface area contributed by atoms with Crippen LogP contribution in [0, 0.1) is 17.6 Å². The Morgan fingerprint density at radius 2 is 1.81 bits per heavy atom. The molecule has 0 aliphatic rings. The minimum atomic E-state index is -0.894. The number of hydrogen-bond donors (Lipinski definition) is 0. The van der Waals surface area contributed by atoms with E-state index in [0.29, 0.717) is 5.56 Å². The van der Waals surface area contributed by atoms with E-state index in [1.807, 2.05) is 13.8 Å². The molecule has 1 rings (SSSR count). The van der Waals surface area contributed by atoms with E-state index in [-0.39, 0.29) is 18.1 Å². The first-order valence-corrected chi connectivity index (χ1v) is 5.55. The maximum atomic E-state index is 12.9. The highest BCUT2D eigenvalue weighted by molar-refractivity contribution is 5.83. The lowest BCUT2D eigenvalue weighted by molar-refractivity contribution is -0.122. The molecule has 0 heterocycles. The number of ketones is 1. The highest BCUT2D eigenvalue weighted by Crippen LogP contribution is 2.15. The van der Waals surface area contributed by atoms with Crippen molar-refractivity contribution in [2.75, 3.05) is 0 Å². The molecular formula is C13H16F2O. The third-order valence-electron chi connectivity index (χ3n) is 2.80.